The second-order valence-corrected chi connectivity index (χ2v) is 6.87. The Kier molecular flexibility index (Phi) is 4.95. The zero-order valence-electron chi connectivity index (χ0n) is 15.0. The fourth-order valence-corrected chi connectivity index (χ4v) is 3.77. The number of urea groups is 1. The molecular weight excluding hydrogens is 326 g/mol. The summed E-state index contributed by atoms with van der Waals surface area (Å²) in [5, 5.41) is 3.07. The molecule has 0 unspecified atom stereocenters. The second kappa shape index (κ2) is 7.68. The molecule has 0 saturated heterocycles. The average molecular weight is 351 g/mol. The van der Waals surface area contributed by atoms with Gasteiger partial charge in [0.05, 0.1) is 12.8 Å². The number of anilines is 1. The van der Waals surface area contributed by atoms with Gasteiger partial charge < -0.3 is 19.5 Å². The summed E-state index contributed by atoms with van der Waals surface area (Å²) in [6.45, 7) is 4.13. The minimum absolute atomic E-state index is 0.0176. The molecule has 2 aromatic rings. The van der Waals surface area contributed by atoms with Gasteiger partial charge in [-0.3, -0.25) is 0 Å². The highest BCUT2D eigenvalue weighted by Gasteiger charge is 2.20. The van der Waals surface area contributed by atoms with Crippen molar-refractivity contribution in [2.24, 2.45) is 0 Å². The highest BCUT2D eigenvalue weighted by Crippen LogP contribution is 2.27. The van der Waals surface area contributed by atoms with E-state index in [4.69, 9.17) is 4.42 Å². The normalized spacial score (nSPS) is 16.4. The molecule has 0 aliphatic carbocycles. The van der Waals surface area contributed by atoms with Gasteiger partial charge in [0.2, 0.25) is 0 Å². The van der Waals surface area contributed by atoms with Crippen molar-refractivity contribution >= 4 is 17.3 Å². The number of hydrogen-bond donors (Lipinski definition) is 1. The Hall–Kier alpha value is -2.69. The van der Waals surface area contributed by atoms with Crippen molar-refractivity contribution in [2.75, 3.05) is 37.6 Å². The Morgan fingerprint density at radius 1 is 1.15 bits per heavy atom. The van der Waals surface area contributed by atoms with E-state index in [0.717, 1.165) is 50.2 Å². The first-order valence-electron chi connectivity index (χ1n) is 9.40. The minimum Gasteiger partial charge on any atom is -0.465 e. The summed E-state index contributed by atoms with van der Waals surface area (Å²) in [4.78, 5) is 16.7. The fourth-order valence-electron chi connectivity index (χ4n) is 3.77. The lowest BCUT2D eigenvalue weighted by Gasteiger charge is -2.27. The number of amides is 2. The van der Waals surface area contributed by atoms with Crippen LogP contribution in [0.5, 0.6) is 0 Å². The summed E-state index contributed by atoms with van der Waals surface area (Å²) in [6.07, 6.45) is 6.78. The number of hydrogen-bond acceptors (Lipinski definition) is 3. The van der Waals surface area contributed by atoms with Gasteiger partial charge in [-0.2, -0.15) is 0 Å². The van der Waals surface area contributed by atoms with Crippen LogP contribution in [0, 0.1) is 0 Å². The summed E-state index contributed by atoms with van der Waals surface area (Å²) < 4.78 is 5.45. The Morgan fingerprint density at radius 2 is 2.08 bits per heavy atom. The topological polar surface area (TPSA) is 48.7 Å². The van der Waals surface area contributed by atoms with Crippen molar-refractivity contribution in [3.05, 3.63) is 60.1 Å². The summed E-state index contributed by atoms with van der Waals surface area (Å²) >= 11 is 0. The number of carbonyl (C=O) groups is 1. The van der Waals surface area contributed by atoms with Crippen LogP contribution < -0.4 is 10.2 Å². The number of para-hydroxylation sites is 1. The molecule has 3 heterocycles. The van der Waals surface area contributed by atoms with Gasteiger partial charge in [0.25, 0.3) is 0 Å². The lowest BCUT2D eigenvalue weighted by molar-refractivity contribution is 0.203. The second-order valence-electron chi connectivity index (χ2n) is 6.87. The molecule has 5 nitrogen and oxygen atoms in total. The first-order chi connectivity index (χ1) is 12.8. The number of fused-ring (bicyclic) bond motifs is 1. The first kappa shape index (κ1) is 16.8. The zero-order valence-corrected chi connectivity index (χ0v) is 15.0. The van der Waals surface area contributed by atoms with E-state index in [2.05, 4.69) is 40.6 Å². The van der Waals surface area contributed by atoms with Gasteiger partial charge in [0.15, 0.2) is 0 Å². The molecule has 0 spiro atoms. The average Bonchev–Trinajstić information content (AvgIpc) is 3.35. The van der Waals surface area contributed by atoms with E-state index in [1.54, 1.807) is 6.26 Å². The molecule has 2 aliphatic heterocycles. The Bertz CT molecular complexity index is 782. The lowest BCUT2D eigenvalue weighted by Crippen LogP contribution is -2.43. The smallest absolute Gasteiger partial charge is 0.317 e. The third-order valence-corrected chi connectivity index (χ3v) is 5.14. The summed E-state index contributed by atoms with van der Waals surface area (Å²) in [5.74, 6) is 0.857. The molecule has 0 fully saturated rings. The van der Waals surface area contributed by atoms with Crippen LogP contribution in [0.25, 0.3) is 5.57 Å². The van der Waals surface area contributed by atoms with Crippen LogP contribution in [-0.2, 0) is 6.42 Å². The van der Waals surface area contributed by atoms with E-state index in [0.29, 0.717) is 13.1 Å². The van der Waals surface area contributed by atoms with Crippen molar-refractivity contribution < 1.29 is 9.21 Å². The third kappa shape index (κ3) is 3.62. The van der Waals surface area contributed by atoms with Gasteiger partial charge in [-0.05, 0) is 43.0 Å². The fraction of sp³-hybridized carbons (Fsp3) is 0.381. The molecule has 2 amide bonds. The number of nitrogens with one attached hydrogen (secondary N) is 1. The number of benzene rings is 1. The number of nitrogens with zero attached hydrogens (tertiary/aromatic N) is 2. The monoisotopic (exact) mass is 351 g/mol. The molecule has 26 heavy (non-hydrogen) atoms. The lowest BCUT2D eigenvalue weighted by atomic mass is 10.1. The minimum atomic E-state index is 0.0176. The van der Waals surface area contributed by atoms with Gasteiger partial charge in [-0.15, -0.1) is 0 Å². The standard InChI is InChI=1S/C21H25N3O2/c25-21(24-12-3-7-18(16-24)20-9-4-15-26-20)22-11-5-13-23-14-10-17-6-1-2-8-19(17)23/h1-2,4,6-9,15H,3,5,10-14,16H2,(H,22,25). The van der Waals surface area contributed by atoms with Gasteiger partial charge in [-0.25, -0.2) is 4.79 Å². The van der Waals surface area contributed by atoms with E-state index in [-0.39, 0.29) is 6.03 Å². The Labute approximate surface area is 154 Å². The number of rotatable bonds is 5. The Balaban J connectivity index is 1.22. The molecule has 136 valence electrons. The maximum Gasteiger partial charge on any atom is 0.317 e. The van der Waals surface area contributed by atoms with Crippen LogP contribution >= 0.6 is 0 Å². The zero-order chi connectivity index (χ0) is 17.8. The highest BCUT2D eigenvalue weighted by atomic mass is 16.3. The van der Waals surface area contributed by atoms with E-state index < -0.39 is 0 Å². The quantitative estimate of drug-likeness (QED) is 0.839. The van der Waals surface area contributed by atoms with Crippen LogP contribution in [0.3, 0.4) is 0 Å². The molecule has 4 rings (SSSR count). The molecular formula is C21H25N3O2. The van der Waals surface area contributed by atoms with Crippen molar-refractivity contribution in [1.82, 2.24) is 10.2 Å². The summed E-state index contributed by atoms with van der Waals surface area (Å²) in [7, 11) is 0. The van der Waals surface area contributed by atoms with Crippen molar-refractivity contribution in [3.8, 4) is 0 Å². The van der Waals surface area contributed by atoms with Crippen molar-refractivity contribution in [1.29, 1.82) is 0 Å². The van der Waals surface area contributed by atoms with E-state index >= 15 is 0 Å². The number of furan rings is 1. The van der Waals surface area contributed by atoms with Crippen molar-refractivity contribution in [2.45, 2.75) is 19.3 Å². The largest absolute Gasteiger partial charge is 0.465 e. The molecule has 0 saturated carbocycles. The van der Waals surface area contributed by atoms with E-state index in [1.807, 2.05) is 17.0 Å². The number of carbonyl (C=O) groups excluding carboxylic acids is 1. The molecule has 1 aromatic heterocycles. The predicted octanol–water partition coefficient (Wildman–Crippen LogP) is 3.53. The molecule has 0 bridgehead atoms. The van der Waals surface area contributed by atoms with Crippen LogP contribution in [0.1, 0.15) is 24.2 Å². The third-order valence-electron chi connectivity index (χ3n) is 5.14. The molecule has 5 heteroatoms. The summed E-state index contributed by atoms with van der Waals surface area (Å²) in [5.41, 5.74) is 3.87. The van der Waals surface area contributed by atoms with Crippen LogP contribution in [-0.4, -0.2) is 43.7 Å². The molecule has 1 N–H and O–H groups in total. The SMILES string of the molecule is O=C(NCCCN1CCc2ccccc21)N1CCC=C(c2ccco2)C1. The van der Waals surface area contributed by atoms with Gasteiger partial charge >= 0.3 is 6.03 Å². The van der Waals surface area contributed by atoms with E-state index in [1.165, 1.54) is 11.3 Å². The van der Waals surface area contributed by atoms with Gasteiger partial charge in [0.1, 0.15) is 5.76 Å². The van der Waals surface area contributed by atoms with Gasteiger partial charge in [0, 0.05) is 37.4 Å². The van der Waals surface area contributed by atoms with E-state index in [9.17, 15) is 4.79 Å². The molecule has 2 aliphatic rings. The van der Waals surface area contributed by atoms with Gasteiger partial charge in [-0.1, -0.05) is 24.3 Å². The molecule has 0 radical (unpaired) electrons. The maximum atomic E-state index is 12.5. The maximum absolute atomic E-state index is 12.5. The predicted molar refractivity (Wildman–Crippen MR) is 103 cm³/mol. The van der Waals surface area contributed by atoms with Crippen LogP contribution in [0.2, 0.25) is 0 Å². The van der Waals surface area contributed by atoms with Crippen LogP contribution in [0.4, 0.5) is 10.5 Å². The molecule has 1 aromatic carbocycles. The van der Waals surface area contributed by atoms with Crippen LogP contribution in [0.15, 0.2) is 53.2 Å². The first-order valence-corrected chi connectivity index (χ1v) is 9.40. The molecule has 0 atom stereocenters. The Morgan fingerprint density at radius 3 is 2.96 bits per heavy atom. The van der Waals surface area contributed by atoms with Crippen molar-refractivity contribution in [3.63, 3.8) is 0 Å². The highest BCUT2D eigenvalue weighted by molar-refractivity contribution is 5.78. The summed E-state index contributed by atoms with van der Waals surface area (Å²) in [6, 6.07) is 12.4.